The maximum atomic E-state index is 10.4. The first kappa shape index (κ1) is 11.7. The van der Waals surface area contributed by atoms with Gasteiger partial charge in [0.05, 0.1) is 12.5 Å². The number of carboxylic acids is 1. The smallest absolute Gasteiger partial charge is 0.306 e. The van der Waals surface area contributed by atoms with E-state index in [2.05, 4.69) is 13.8 Å². The molecule has 0 aliphatic rings. The number of carbonyl (C=O) groups is 1. The summed E-state index contributed by atoms with van der Waals surface area (Å²) in [5.74, 6) is -0.612. The summed E-state index contributed by atoms with van der Waals surface area (Å²) in [5.41, 5.74) is 1.78. The maximum absolute atomic E-state index is 10.4. The molecule has 0 heterocycles. The Kier molecular flexibility index (Phi) is 3.86. The molecule has 15 heavy (non-hydrogen) atoms. The van der Waals surface area contributed by atoms with E-state index in [1.807, 2.05) is 18.2 Å². The predicted molar refractivity (Wildman–Crippen MR) is 57.7 cm³/mol. The van der Waals surface area contributed by atoms with Gasteiger partial charge in [-0.15, -0.1) is 0 Å². The zero-order valence-corrected chi connectivity index (χ0v) is 8.97. The van der Waals surface area contributed by atoms with Crippen molar-refractivity contribution in [2.45, 2.75) is 32.3 Å². The van der Waals surface area contributed by atoms with Crippen molar-refractivity contribution < 1.29 is 15.0 Å². The minimum Gasteiger partial charge on any atom is -0.481 e. The van der Waals surface area contributed by atoms with Crippen molar-refractivity contribution in [3.05, 3.63) is 35.4 Å². The van der Waals surface area contributed by atoms with Gasteiger partial charge in [0.15, 0.2) is 0 Å². The SMILES string of the molecule is CC(C)c1cccc(C(O)CC(=O)O)c1. The number of hydrogen-bond acceptors (Lipinski definition) is 2. The summed E-state index contributed by atoms with van der Waals surface area (Å²) in [5, 5.41) is 18.2. The average molecular weight is 208 g/mol. The van der Waals surface area contributed by atoms with Gasteiger partial charge in [0.2, 0.25) is 0 Å². The summed E-state index contributed by atoms with van der Waals surface area (Å²) in [7, 11) is 0. The summed E-state index contributed by atoms with van der Waals surface area (Å²) >= 11 is 0. The minimum absolute atomic E-state index is 0.248. The Morgan fingerprint density at radius 1 is 1.33 bits per heavy atom. The van der Waals surface area contributed by atoms with Crippen molar-refractivity contribution in [2.24, 2.45) is 0 Å². The molecule has 1 rings (SSSR count). The molecule has 2 N–H and O–H groups in total. The molecular formula is C12H16O3. The van der Waals surface area contributed by atoms with E-state index >= 15 is 0 Å². The van der Waals surface area contributed by atoms with Gasteiger partial charge < -0.3 is 10.2 Å². The lowest BCUT2D eigenvalue weighted by molar-refractivity contribution is -0.139. The minimum atomic E-state index is -0.988. The van der Waals surface area contributed by atoms with E-state index in [0.717, 1.165) is 5.56 Å². The summed E-state index contributed by atoms with van der Waals surface area (Å²) in [6, 6.07) is 7.43. The maximum Gasteiger partial charge on any atom is 0.306 e. The second kappa shape index (κ2) is 4.94. The first-order valence-corrected chi connectivity index (χ1v) is 5.00. The Bertz CT molecular complexity index is 344. The summed E-state index contributed by atoms with van der Waals surface area (Å²) in [4.78, 5) is 10.4. The van der Waals surface area contributed by atoms with Crippen molar-refractivity contribution in [1.29, 1.82) is 0 Å². The number of aliphatic carboxylic acids is 1. The second-order valence-corrected chi connectivity index (χ2v) is 3.94. The third-order valence-electron chi connectivity index (χ3n) is 2.33. The topological polar surface area (TPSA) is 57.5 Å². The van der Waals surface area contributed by atoms with Crippen LogP contribution in [0.5, 0.6) is 0 Å². The van der Waals surface area contributed by atoms with Gasteiger partial charge >= 0.3 is 5.97 Å². The van der Waals surface area contributed by atoms with E-state index in [-0.39, 0.29) is 6.42 Å². The van der Waals surface area contributed by atoms with Crippen LogP contribution in [0.4, 0.5) is 0 Å². The highest BCUT2D eigenvalue weighted by molar-refractivity contribution is 5.67. The normalized spacial score (nSPS) is 12.8. The van der Waals surface area contributed by atoms with E-state index in [1.54, 1.807) is 6.07 Å². The highest BCUT2D eigenvalue weighted by Crippen LogP contribution is 2.21. The fourth-order valence-corrected chi connectivity index (χ4v) is 1.41. The van der Waals surface area contributed by atoms with Gasteiger partial charge in [-0.2, -0.15) is 0 Å². The third kappa shape index (κ3) is 3.36. The van der Waals surface area contributed by atoms with Crippen LogP contribution in [-0.2, 0) is 4.79 Å². The van der Waals surface area contributed by atoms with Gasteiger partial charge in [-0.05, 0) is 17.0 Å². The quantitative estimate of drug-likeness (QED) is 0.798. The lowest BCUT2D eigenvalue weighted by Crippen LogP contribution is -2.05. The Balaban J connectivity index is 2.85. The highest BCUT2D eigenvalue weighted by atomic mass is 16.4. The summed E-state index contributed by atoms with van der Waals surface area (Å²) in [6.45, 7) is 4.12. The lowest BCUT2D eigenvalue weighted by Gasteiger charge is -2.11. The van der Waals surface area contributed by atoms with Gasteiger partial charge in [-0.1, -0.05) is 38.1 Å². The number of aliphatic hydroxyl groups is 1. The van der Waals surface area contributed by atoms with Crippen molar-refractivity contribution in [3.8, 4) is 0 Å². The molecule has 0 amide bonds. The molecule has 3 nitrogen and oxygen atoms in total. The molecule has 3 heteroatoms. The van der Waals surface area contributed by atoms with Gasteiger partial charge in [-0.25, -0.2) is 0 Å². The van der Waals surface area contributed by atoms with Gasteiger partial charge in [0.1, 0.15) is 0 Å². The molecular weight excluding hydrogens is 192 g/mol. The van der Waals surface area contributed by atoms with Crippen LogP contribution >= 0.6 is 0 Å². The van der Waals surface area contributed by atoms with Crippen molar-refractivity contribution in [3.63, 3.8) is 0 Å². The standard InChI is InChI=1S/C12H16O3/c1-8(2)9-4-3-5-10(6-9)11(13)7-12(14)15/h3-6,8,11,13H,7H2,1-2H3,(H,14,15). The van der Waals surface area contributed by atoms with E-state index in [9.17, 15) is 9.90 Å². The first-order valence-electron chi connectivity index (χ1n) is 5.00. The molecule has 0 spiro atoms. The van der Waals surface area contributed by atoms with E-state index in [4.69, 9.17) is 5.11 Å². The molecule has 1 atom stereocenters. The molecule has 0 bridgehead atoms. The van der Waals surface area contributed by atoms with E-state index < -0.39 is 12.1 Å². The lowest BCUT2D eigenvalue weighted by atomic mass is 9.98. The second-order valence-electron chi connectivity index (χ2n) is 3.94. The molecule has 0 fully saturated rings. The van der Waals surface area contributed by atoms with Crippen LogP contribution in [-0.4, -0.2) is 16.2 Å². The monoisotopic (exact) mass is 208 g/mol. The van der Waals surface area contributed by atoms with Crippen LogP contribution < -0.4 is 0 Å². The van der Waals surface area contributed by atoms with Crippen LogP contribution in [0.2, 0.25) is 0 Å². The molecule has 0 saturated heterocycles. The molecule has 0 saturated carbocycles. The number of aliphatic hydroxyl groups excluding tert-OH is 1. The number of benzene rings is 1. The molecule has 82 valence electrons. The molecule has 0 radical (unpaired) electrons. The molecule has 0 aliphatic heterocycles. The number of hydrogen-bond donors (Lipinski definition) is 2. The predicted octanol–water partition coefficient (Wildman–Crippen LogP) is 2.32. The zero-order valence-electron chi connectivity index (χ0n) is 8.97. The Labute approximate surface area is 89.4 Å². The highest BCUT2D eigenvalue weighted by Gasteiger charge is 2.12. The largest absolute Gasteiger partial charge is 0.481 e. The Morgan fingerprint density at radius 3 is 2.47 bits per heavy atom. The molecule has 1 unspecified atom stereocenters. The molecule has 1 aromatic rings. The van der Waals surface area contributed by atoms with Gasteiger partial charge in [0.25, 0.3) is 0 Å². The first-order chi connectivity index (χ1) is 7.00. The molecule has 1 aromatic carbocycles. The fraction of sp³-hybridized carbons (Fsp3) is 0.417. The Morgan fingerprint density at radius 2 is 1.93 bits per heavy atom. The van der Waals surface area contributed by atoms with Crippen LogP contribution in [0.3, 0.4) is 0 Å². The van der Waals surface area contributed by atoms with Crippen LogP contribution in [0, 0.1) is 0 Å². The Hall–Kier alpha value is -1.35. The zero-order chi connectivity index (χ0) is 11.4. The number of carboxylic acid groups (broad SMARTS) is 1. The van der Waals surface area contributed by atoms with Crippen LogP contribution in [0.1, 0.15) is 43.4 Å². The van der Waals surface area contributed by atoms with Crippen LogP contribution in [0.15, 0.2) is 24.3 Å². The third-order valence-corrected chi connectivity index (χ3v) is 2.33. The van der Waals surface area contributed by atoms with Crippen molar-refractivity contribution >= 4 is 5.97 Å². The average Bonchev–Trinajstić information content (AvgIpc) is 2.17. The number of rotatable bonds is 4. The van der Waals surface area contributed by atoms with Crippen LogP contribution in [0.25, 0.3) is 0 Å². The summed E-state index contributed by atoms with van der Waals surface area (Å²) < 4.78 is 0. The fourth-order valence-electron chi connectivity index (χ4n) is 1.41. The molecule has 0 aromatic heterocycles. The van der Waals surface area contributed by atoms with E-state index in [0.29, 0.717) is 11.5 Å². The van der Waals surface area contributed by atoms with Crippen molar-refractivity contribution in [1.82, 2.24) is 0 Å². The molecule has 0 aliphatic carbocycles. The van der Waals surface area contributed by atoms with Gasteiger partial charge in [0, 0.05) is 0 Å². The van der Waals surface area contributed by atoms with Crippen molar-refractivity contribution in [2.75, 3.05) is 0 Å². The van der Waals surface area contributed by atoms with Gasteiger partial charge in [-0.3, -0.25) is 4.79 Å². The summed E-state index contributed by atoms with van der Waals surface area (Å²) in [6.07, 6.45) is -1.16. The van der Waals surface area contributed by atoms with E-state index in [1.165, 1.54) is 0 Å².